The molecule has 56 valence electrons. The predicted octanol–water partition coefficient (Wildman–Crippen LogP) is 0.0500. The first-order valence-corrected chi connectivity index (χ1v) is 3.96. The molecule has 0 aliphatic heterocycles. The summed E-state index contributed by atoms with van der Waals surface area (Å²) in [5.74, 6) is 1.48. The molecule has 12 heavy (non-hydrogen) atoms. The van der Waals surface area contributed by atoms with Crippen molar-refractivity contribution in [2.75, 3.05) is 0 Å². The van der Waals surface area contributed by atoms with Crippen LogP contribution in [0.1, 0.15) is 24.5 Å². The molecule has 1 aliphatic rings. The van der Waals surface area contributed by atoms with Crippen LogP contribution in [0.4, 0.5) is 0 Å². The van der Waals surface area contributed by atoms with Gasteiger partial charge in [0.05, 0.1) is 0 Å². The first kappa shape index (κ1) is 10.5. The summed E-state index contributed by atoms with van der Waals surface area (Å²) in [5.41, 5.74) is 2.77. The van der Waals surface area contributed by atoms with Crippen molar-refractivity contribution in [3.63, 3.8) is 0 Å². The number of rotatable bonds is 0. The molecule has 0 unspecified atom stereocenters. The van der Waals surface area contributed by atoms with Gasteiger partial charge in [0.15, 0.2) is 0 Å². The number of benzene rings is 1. The van der Waals surface area contributed by atoms with Gasteiger partial charge in [0.1, 0.15) is 0 Å². The Bertz CT molecular complexity index is 289. The van der Waals surface area contributed by atoms with Crippen molar-refractivity contribution in [2.45, 2.75) is 13.3 Å². The Hall–Kier alpha value is 0.466. The molecule has 0 aromatic heterocycles. The molecule has 0 N–H and O–H groups in total. The van der Waals surface area contributed by atoms with Crippen LogP contribution in [-0.2, 0) is 0 Å². The number of hydrogen-bond acceptors (Lipinski definition) is 0. The first-order valence-electron chi connectivity index (χ1n) is 3.96. The molecule has 0 nitrogen and oxygen atoms in total. The van der Waals surface area contributed by atoms with Crippen LogP contribution >= 0.6 is 0 Å². The maximum absolute atomic E-state index is 2.22. The maximum Gasteiger partial charge on any atom is 1.00 e. The average molecular weight is 182 g/mol. The molecule has 0 saturated heterocycles. The molecule has 0 saturated carbocycles. The van der Waals surface area contributed by atoms with Gasteiger partial charge < -0.3 is 0 Å². The van der Waals surface area contributed by atoms with E-state index in [4.69, 9.17) is 0 Å². The molecule has 0 amide bonds. The van der Waals surface area contributed by atoms with E-state index in [1.807, 2.05) is 0 Å². The van der Waals surface area contributed by atoms with E-state index in [-0.39, 0.29) is 51.4 Å². The zero-order chi connectivity index (χ0) is 7.68. The van der Waals surface area contributed by atoms with Gasteiger partial charge in [-0.05, 0) is 0 Å². The minimum Gasteiger partial charge on any atom is -0.182 e. The monoisotopic (exact) mass is 182 g/mol. The summed E-state index contributed by atoms with van der Waals surface area (Å²) >= 11 is 0. The Morgan fingerprint density at radius 2 is 2.00 bits per heavy atom. The normalized spacial score (nSPS) is 13.6. The minimum atomic E-state index is 0. The molecule has 2 rings (SSSR count). The van der Waals surface area contributed by atoms with Gasteiger partial charge >= 0.3 is 51.4 Å². The second kappa shape index (κ2) is 4.63. The van der Waals surface area contributed by atoms with Gasteiger partial charge in [-0.25, -0.2) is 0 Å². The summed E-state index contributed by atoms with van der Waals surface area (Å²) < 4.78 is 0. The van der Waals surface area contributed by atoms with E-state index < -0.39 is 0 Å². The Morgan fingerprint density at radius 3 is 2.75 bits per heavy atom. The fourth-order valence-corrected chi connectivity index (χ4v) is 1.50. The van der Waals surface area contributed by atoms with Crippen LogP contribution in [0.3, 0.4) is 0 Å². The zero-order valence-corrected chi connectivity index (χ0v) is 10.8. The van der Waals surface area contributed by atoms with Crippen molar-refractivity contribution in [1.82, 2.24) is 0 Å². The molecule has 1 heteroatoms. The Morgan fingerprint density at radius 1 is 1.25 bits per heavy atom. The first-order chi connectivity index (χ1) is 5.38. The summed E-state index contributed by atoms with van der Waals surface area (Å²) in [7, 11) is 0. The van der Waals surface area contributed by atoms with Crippen LogP contribution in [0, 0.1) is 5.92 Å². The van der Waals surface area contributed by atoms with Gasteiger partial charge in [-0.3, -0.25) is 0 Å². The molecule has 1 aliphatic carbocycles. The van der Waals surface area contributed by atoms with E-state index in [2.05, 4.69) is 43.3 Å². The molecular weight excluding hydrogens is 171 g/mol. The van der Waals surface area contributed by atoms with Crippen LogP contribution in [-0.4, -0.2) is 0 Å². The Kier molecular flexibility index (Phi) is 4.07. The summed E-state index contributed by atoms with van der Waals surface area (Å²) in [6, 6.07) is 8.53. The third-order valence-electron chi connectivity index (χ3n) is 2.14. The summed E-state index contributed by atoms with van der Waals surface area (Å²) in [6.07, 6.45) is 5.52. The maximum atomic E-state index is 2.22. The molecule has 0 heterocycles. The fraction of sp³-hybridized carbons (Fsp3) is 0.182. The van der Waals surface area contributed by atoms with E-state index in [1.165, 1.54) is 17.0 Å². The molecule has 0 atom stereocenters. The van der Waals surface area contributed by atoms with Gasteiger partial charge in [-0.2, -0.15) is 17.5 Å². The van der Waals surface area contributed by atoms with Crippen LogP contribution < -0.4 is 51.4 Å². The van der Waals surface area contributed by atoms with E-state index in [9.17, 15) is 0 Å². The number of allylic oxidation sites excluding steroid dienone is 1. The molecule has 1 aromatic rings. The summed E-state index contributed by atoms with van der Waals surface area (Å²) in [4.78, 5) is 0. The second-order valence-corrected chi connectivity index (χ2v) is 2.97. The minimum absolute atomic E-state index is 0. The average Bonchev–Trinajstić information content (AvgIpc) is 2.06. The predicted molar refractivity (Wildman–Crippen MR) is 48.1 cm³/mol. The van der Waals surface area contributed by atoms with Crippen molar-refractivity contribution in [3.05, 3.63) is 47.4 Å². The fourth-order valence-electron chi connectivity index (χ4n) is 1.50. The summed E-state index contributed by atoms with van der Waals surface area (Å²) in [5, 5.41) is 0. The topological polar surface area (TPSA) is 0 Å². The summed E-state index contributed by atoms with van der Waals surface area (Å²) in [6.45, 7) is 2.20. The van der Waals surface area contributed by atoms with E-state index >= 15 is 0 Å². The molecule has 0 fully saturated rings. The molecule has 0 spiro atoms. The smallest absolute Gasteiger partial charge is 0.182 e. The van der Waals surface area contributed by atoms with Gasteiger partial charge in [-0.1, -0.05) is 19.4 Å². The number of fused-ring (bicyclic) bond motifs is 1. The van der Waals surface area contributed by atoms with E-state index in [0.29, 0.717) is 0 Å². The number of hydrogen-bond donors (Lipinski definition) is 0. The molecule has 0 radical (unpaired) electrons. The van der Waals surface area contributed by atoms with Crippen molar-refractivity contribution in [2.24, 2.45) is 0 Å². The third-order valence-corrected chi connectivity index (χ3v) is 2.14. The van der Waals surface area contributed by atoms with Gasteiger partial charge in [0.25, 0.3) is 0 Å². The SMILES string of the molecule is C[C-]1CC=Cc2ccccc21.[K+]. The van der Waals surface area contributed by atoms with Crippen LogP contribution in [0.15, 0.2) is 30.3 Å². The van der Waals surface area contributed by atoms with Gasteiger partial charge in [-0.15, -0.1) is 29.8 Å². The van der Waals surface area contributed by atoms with Crippen molar-refractivity contribution in [3.8, 4) is 0 Å². The Balaban J connectivity index is 0.000000720. The standard InChI is InChI=1S/C11H11.K/c1-9-5-4-7-10-6-2-3-8-11(9)10;/h2-4,6-8H,5H2,1H3;/q-1;+1. The van der Waals surface area contributed by atoms with Crippen LogP contribution in [0.5, 0.6) is 0 Å². The quantitative estimate of drug-likeness (QED) is 0.393. The second-order valence-electron chi connectivity index (χ2n) is 2.97. The van der Waals surface area contributed by atoms with E-state index in [1.54, 1.807) is 0 Å². The van der Waals surface area contributed by atoms with Crippen molar-refractivity contribution in [1.29, 1.82) is 0 Å². The Labute approximate surface area is 116 Å². The van der Waals surface area contributed by atoms with Gasteiger partial charge in [0.2, 0.25) is 0 Å². The zero-order valence-electron chi connectivity index (χ0n) is 7.67. The molecular formula is C11H11K. The largest absolute Gasteiger partial charge is 1.00 e. The van der Waals surface area contributed by atoms with Crippen LogP contribution in [0.2, 0.25) is 0 Å². The van der Waals surface area contributed by atoms with E-state index in [0.717, 1.165) is 6.42 Å². The van der Waals surface area contributed by atoms with Crippen LogP contribution in [0.25, 0.3) is 6.08 Å². The van der Waals surface area contributed by atoms with Crippen molar-refractivity contribution >= 4 is 6.08 Å². The molecule has 1 aromatic carbocycles. The third kappa shape index (κ3) is 2.04. The van der Waals surface area contributed by atoms with Gasteiger partial charge in [0, 0.05) is 0 Å². The van der Waals surface area contributed by atoms with Crippen molar-refractivity contribution < 1.29 is 51.4 Å². The molecule has 0 bridgehead atoms.